The van der Waals surface area contributed by atoms with Crippen LogP contribution in [0.2, 0.25) is 0 Å². The maximum absolute atomic E-state index is 15.6. The van der Waals surface area contributed by atoms with E-state index in [0.29, 0.717) is 60.7 Å². The third-order valence-electron chi connectivity index (χ3n) is 31.0. The molecule has 3 aromatic carbocycles. The molecule has 3 aromatic rings. The van der Waals surface area contributed by atoms with Crippen LogP contribution in [0, 0.1) is 75.9 Å². The summed E-state index contributed by atoms with van der Waals surface area (Å²) < 4.78 is 95.5. The number of rotatable bonds is 28. The summed E-state index contributed by atoms with van der Waals surface area (Å²) >= 11 is 0. The molecule has 25 unspecified atom stereocenters. The lowest BCUT2D eigenvalue weighted by atomic mass is 9.31. The summed E-state index contributed by atoms with van der Waals surface area (Å²) in [5.74, 6) is 0.876. The lowest BCUT2D eigenvalue weighted by molar-refractivity contribution is -0.375. The number of esters is 2. The Morgan fingerprint density at radius 3 is 1.55 bits per heavy atom. The standard InChI is InChI=1S/C58H92O26.C19H26O6.2C12H16O3/c1-23-41(80-47-40(71)42(26(61)21-76-47)81-46-37(68)32(63)24(59)19-75-46)36(67)39(70)48(78-23)83-44-33(64)25(60)20-77-50(44)84-51(74)58-17-16-52(2,3)22-57(58,9)29-11-10-28-54(6)14-13-31(79-49-38(69)34(65)35(66)43(82-49)45(72)73)53(4,5)27(54)12-15-55(28,7)56(29,8)18-30(58)62;1-13-15(23-4)9-14(10-16(13)24-5)7-6-8-25-18(22)12-19(2,3)11-17(20)21;1-9-11(14-2)7-10(5-4-6-13)8-12(9)15-3;1-5-10(13)9-6-11(14-3)8(2)12(7-9)15-4/h11,23-28,30-44,46-50,59-71H,10,12-22H2,1-9H3,(H,72,73);6-7,9-10H,8,11-12H2,1-5H3,(H,20,21);4-5,7-8,13H,6H2,1-3H3;5-7,10,13H,1H2,2-4H3/b;7-6+;5-4+;/t23?,24?,25?,26?,27?,28?,30-,31+,32?,33?,34?,35?,36?,37?,38?,39?,40?,41?,42?,43?,44?,46?,47?,48?,49?,50?,54+,55-,56-,57+,58-;;;/m1.../s1. The van der Waals surface area contributed by atoms with Crippen LogP contribution < -0.4 is 28.4 Å². The van der Waals surface area contributed by atoms with Crippen LogP contribution in [0.3, 0.4) is 0 Å². The van der Waals surface area contributed by atoms with E-state index >= 15 is 4.79 Å². The topological polar surface area (TPSA) is 569 Å². The Bertz CT molecular complexity index is 4690. The Kier molecular flexibility index (Phi) is 37.6. The monoisotopic (exact) mass is 1970 g/mol. The Hall–Kier alpha value is -7.66. The number of carbonyl (C=O) groups excluding carboxylic acids is 2. The van der Waals surface area contributed by atoms with Crippen molar-refractivity contribution in [3.63, 3.8) is 0 Å². The molecule has 9 fully saturated rings. The first kappa shape index (κ1) is 113. The third kappa shape index (κ3) is 23.6. The Balaban J connectivity index is 0.000000290. The molecule has 0 aromatic heterocycles. The van der Waals surface area contributed by atoms with Gasteiger partial charge in [-0.1, -0.05) is 105 Å². The molecule has 5 heterocycles. The first-order chi connectivity index (χ1) is 65.1. The highest BCUT2D eigenvalue weighted by atomic mass is 16.8. The van der Waals surface area contributed by atoms with E-state index < -0.39 is 230 Å². The van der Waals surface area contributed by atoms with Crippen LogP contribution in [0.25, 0.3) is 12.2 Å². The van der Waals surface area contributed by atoms with Gasteiger partial charge >= 0.3 is 23.9 Å². The molecule has 38 nitrogen and oxygen atoms in total. The van der Waals surface area contributed by atoms with E-state index in [1.165, 1.54) is 13.0 Å². The SMILES string of the molecule is C=CC(O)c1cc(OC)c(C)c(OC)c1.CC1OC(OC2C(OC(=O)[C@]34CCC(C)(C)C[C@@]3(C)C3=CCC5[C@@]6(C)CC[C@H](OC7OC(C(=O)O)C(O)C(O)C7O)C(C)(C)C6CC[C@@]5(C)[C@]3(C)C[C@H]4O)OCC(O)C2O)C(O)C(O)C1OC1OCC(O)C(OC2OCC(O)C(O)C2O)C1O.COc1cc(/C=C/CO)cc(OC)c1C.COc1cc(/C=C/COC(=O)CC(C)(C)CC(=O)O)cc(OC)c1C. The third-order valence-corrected chi connectivity index (χ3v) is 31.0. The highest BCUT2D eigenvalue weighted by Crippen LogP contribution is 2.79. The van der Waals surface area contributed by atoms with E-state index in [1.807, 2.05) is 58.0 Å². The fourth-order valence-electron chi connectivity index (χ4n) is 23.3. The molecule has 5 aliphatic heterocycles. The van der Waals surface area contributed by atoms with Gasteiger partial charge in [-0.15, -0.1) is 6.58 Å². The van der Waals surface area contributed by atoms with Gasteiger partial charge in [0.05, 0.1) is 106 Å². The zero-order valence-corrected chi connectivity index (χ0v) is 83.2. The van der Waals surface area contributed by atoms with Crippen LogP contribution in [0.5, 0.6) is 34.5 Å². The minimum atomic E-state index is -1.97. The number of aliphatic carboxylic acids is 2. The molecule has 38 heteroatoms. The van der Waals surface area contributed by atoms with Crippen molar-refractivity contribution in [2.45, 2.75) is 321 Å². The van der Waals surface area contributed by atoms with Gasteiger partial charge in [0.2, 0.25) is 6.29 Å². The lowest BCUT2D eigenvalue weighted by Gasteiger charge is -2.73. The number of aliphatic hydroxyl groups is 15. The van der Waals surface area contributed by atoms with Gasteiger partial charge in [0.1, 0.15) is 132 Å². The summed E-state index contributed by atoms with van der Waals surface area (Å²) in [5, 5.41) is 180. The average Bonchev–Trinajstić information content (AvgIpc) is 0.657. The molecule has 782 valence electrons. The van der Waals surface area contributed by atoms with Crippen molar-refractivity contribution in [2.24, 2.45) is 55.2 Å². The van der Waals surface area contributed by atoms with Gasteiger partial charge in [-0.3, -0.25) is 14.4 Å². The van der Waals surface area contributed by atoms with E-state index in [-0.39, 0.29) is 61.6 Å². The number of carboxylic acids is 2. The molecule has 0 radical (unpaired) electrons. The van der Waals surface area contributed by atoms with Crippen LogP contribution in [0.1, 0.15) is 186 Å². The highest BCUT2D eigenvalue weighted by Gasteiger charge is 2.76. The molecule has 5 aliphatic carbocycles. The van der Waals surface area contributed by atoms with Crippen molar-refractivity contribution < 1.29 is 187 Å². The zero-order chi connectivity index (χ0) is 103. The fraction of sp³-hybridized carbons (Fsp3) is 0.703. The number of carbonyl (C=O) groups is 4. The minimum absolute atomic E-state index is 0.0263. The summed E-state index contributed by atoms with van der Waals surface area (Å²) in [6.07, 6.45) is -23.6. The van der Waals surface area contributed by atoms with E-state index in [0.717, 1.165) is 57.7 Å². The van der Waals surface area contributed by atoms with Crippen molar-refractivity contribution in [2.75, 3.05) is 75.7 Å². The van der Waals surface area contributed by atoms with Gasteiger partial charge < -0.3 is 167 Å². The predicted molar refractivity (Wildman–Crippen MR) is 497 cm³/mol. The second-order valence-electron chi connectivity index (χ2n) is 41.4. The summed E-state index contributed by atoms with van der Waals surface area (Å²) in [7, 11) is 9.62. The van der Waals surface area contributed by atoms with E-state index in [2.05, 4.69) is 61.1 Å². The Morgan fingerprint density at radius 1 is 0.525 bits per heavy atom. The van der Waals surface area contributed by atoms with Gasteiger partial charge in [-0.2, -0.15) is 0 Å². The number of aliphatic hydroxyl groups excluding tert-OH is 15. The molecule has 0 amide bonds. The van der Waals surface area contributed by atoms with Gasteiger partial charge in [-0.05, 0) is 189 Å². The average molecular weight is 1970 g/mol. The predicted octanol–water partition coefficient (Wildman–Crippen LogP) is 5.90. The molecule has 13 rings (SSSR count). The Labute approximate surface area is 811 Å². The summed E-state index contributed by atoms with van der Waals surface area (Å²) in [6.45, 7) is 30.3. The van der Waals surface area contributed by atoms with Crippen molar-refractivity contribution in [3.8, 4) is 34.5 Å². The molecule has 0 spiro atoms. The number of methoxy groups -OCH3 is 6. The molecule has 32 atom stereocenters. The first-order valence-electron chi connectivity index (χ1n) is 47.2. The number of ether oxygens (including phenoxy) is 17. The Morgan fingerprint density at radius 2 is 1.01 bits per heavy atom. The molecule has 5 saturated heterocycles. The summed E-state index contributed by atoms with van der Waals surface area (Å²) in [4.78, 5) is 50.2. The van der Waals surface area contributed by atoms with Gasteiger partial charge in [0, 0.05) is 22.1 Å². The summed E-state index contributed by atoms with van der Waals surface area (Å²) in [6, 6.07) is 11.1. The number of hydrogen-bond donors (Lipinski definition) is 17. The van der Waals surface area contributed by atoms with Crippen molar-refractivity contribution in [1.29, 1.82) is 0 Å². The lowest BCUT2D eigenvalue weighted by Crippen LogP contribution is -2.71. The number of carboxylic acid groups (broad SMARTS) is 2. The maximum Gasteiger partial charge on any atom is 0.335 e. The van der Waals surface area contributed by atoms with Crippen LogP contribution >= 0.6 is 0 Å². The molecular formula is C101H150O38. The normalized spacial score (nSPS) is 37.5. The number of benzene rings is 3. The second kappa shape index (κ2) is 46.2. The molecule has 139 heavy (non-hydrogen) atoms. The van der Waals surface area contributed by atoms with Crippen LogP contribution in [-0.2, 0) is 71.3 Å². The van der Waals surface area contributed by atoms with Crippen LogP contribution in [0.4, 0.5) is 0 Å². The maximum atomic E-state index is 15.6. The summed E-state index contributed by atoms with van der Waals surface area (Å²) in [5.41, 5.74) is 0.942. The van der Waals surface area contributed by atoms with Gasteiger partial charge in [0.15, 0.2) is 37.4 Å². The zero-order valence-electron chi connectivity index (χ0n) is 83.2. The van der Waals surface area contributed by atoms with Crippen LogP contribution in [0.15, 0.2) is 72.9 Å². The quantitative estimate of drug-likeness (QED) is 0.0229. The van der Waals surface area contributed by atoms with Crippen molar-refractivity contribution in [3.05, 3.63) is 106 Å². The molecule has 4 saturated carbocycles. The largest absolute Gasteiger partial charge is 0.496 e. The van der Waals surface area contributed by atoms with Gasteiger partial charge in [0.25, 0.3) is 0 Å². The smallest absolute Gasteiger partial charge is 0.335 e. The minimum Gasteiger partial charge on any atom is -0.496 e. The van der Waals surface area contributed by atoms with Crippen LogP contribution in [-0.4, -0.2) is 334 Å². The van der Waals surface area contributed by atoms with Crippen molar-refractivity contribution in [1.82, 2.24) is 0 Å². The molecule has 10 aliphatic rings. The fourth-order valence-corrected chi connectivity index (χ4v) is 23.3. The molecular weight excluding hydrogens is 1820 g/mol. The number of hydrogen-bond acceptors (Lipinski definition) is 36. The van der Waals surface area contributed by atoms with E-state index in [9.17, 15) is 91.0 Å². The molecule has 17 N–H and O–H groups in total. The molecule has 0 bridgehead atoms. The van der Waals surface area contributed by atoms with Crippen molar-refractivity contribution >= 4 is 36.0 Å². The highest BCUT2D eigenvalue weighted by molar-refractivity contribution is 5.81. The second-order valence-corrected chi connectivity index (χ2v) is 41.4. The van der Waals surface area contributed by atoms with Gasteiger partial charge in [-0.25, -0.2) is 4.79 Å². The number of fused-ring (bicyclic) bond motifs is 7. The number of allylic oxidation sites excluding steroid dienone is 2. The van der Waals surface area contributed by atoms with E-state index in [4.69, 9.17) is 90.7 Å². The first-order valence-corrected chi connectivity index (χ1v) is 47.2. The van der Waals surface area contributed by atoms with E-state index in [1.54, 1.807) is 86.9 Å².